The van der Waals surface area contributed by atoms with Gasteiger partial charge in [-0.25, -0.2) is 9.38 Å². The first kappa shape index (κ1) is 13.5. The van der Waals surface area contributed by atoms with E-state index >= 15 is 0 Å². The molecule has 6 heteroatoms. The maximum absolute atomic E-state index is 13.0. The van der Waals surface area contributed by atoms with Crippen molar-refractivity contribution in [2.45, 2.75) is 20.0 Å². The van der Waals surface area contributed by atoms with Crippen LogP contribution in [0.4, 0.5) is 23.2 Å². The third-order valence-electron chi connectivity index (χ3n) is 2.11. The van der Waals surface area contributed by atoms with Crippen molar-refractivity contribution in [3.05, 3.63) is 29.6 Å². The zero-order valence-electron chi connectivity index (χ0n) is 9.35. The molecule has 2 nitrogen and oxygen atoms in total. The molecule has 1 aromatic carbocycles. The first-order chi connectivity index (χ1) is 7.71. The van der Waals surface area contributed by atoms with Crippen molar-refractivity contribution >= 4 is 11.5 Å². The molecule has 0 aliphatic heterocycles. The second kappa shape index (κ2) is 4.73. The van der Waals surface area contributed by atoms with E-state index in [1.807, 2.05) is 0 Å². The van der Waals surface area contributed by atoms with Crippen LogP contribution in [0.2, 0.25) is 0 Å². The Morgan fingerprint density at radius 3 is 2.35 bits per heavy atom. The number of benzene rings is 1. The van der Waals surface area contributed by atoms with E-state index < -0.39 is 17.6 Å². The highest BCUT2D eigenvalue weighted by atomic mass is 19.4. The second-order valence-electron chi connectivity index (χ2n) is 3.85. The molecule has 0 atom stereocenters. The Hall–Kier alpha value is -1.59. The van der Waals surface area contributed by atoms with Crippen LogP contribution in [0.15, 0.2) is 23.2 Å². The summed E-state index contributed by atoms with van der Waals surface area (Å²) in [7, 11) is 0. The summed E-state index contributed by atoms with van der Waals surface area (Å²) in [6.07, 6.45) is -4.73. The lowest BCUT2D eigenvalue weighted by Gasteiger charge is -2.09. The quantitative estimate of drug-likeness (QED) is 0.485. The molecular weight excluding hydrogens is 236 g/mol. The van der Waals surface area contributed by atoms with E-state index in [-0.39, 0.29) is 17.4 Å². The van der Waals surface area contributed by atoms with Gasteiger partial charge >= 0.3 is 6.18 Å². The van der Waals surface area contributed by atoms with Crippen LogP contribution < -0.4 is 5.73 Å². The van der Waals surface area contributed by atoms with Crippen molar-refractivity contribution in [3.63, 3.8) is 0 Å². The lowest BCUT2D eigenvalue weighted by molar-refractivity contribution is -0.139. The van der Waals surface area contributed by atoms with Gasteiger partial charge in [-0.3, -0.25) is 0 Å². The molecule has 0 bridgehead atoms. The minimum absolute atomic E-state index is 0.00933. The van der Waals surface area contributed by atoms with E-state index in [0.29, 0.717) is 6.07 Å². The smallest absolute Gasteiger partial charge is 0.387 e. The predicted octanol–water partition coefficient (Wildman–Crippen LogP) is 3.49. The number of alkyl halides is 3. The average Bonchev–Trinajstić information content (AvgIpc) is 2.19. The van der Waals surface area contributed by atoms with Gasteiger partial charge in [0.05, 0.1) is 11.3 Å². The van der Waals surface area contributed by atoms with Gasteiger partial charge in [-0.05, 0) is 18.2 Å². The van der Waals surface area contributed by atoms with Crippen LogP contribution in [0.3, 0.4) is 0 Å². The Morgan fingerprint density at radius 2 is 1.88 bits per heavy atom. The van der Waals surface area contributed by atoms with E-state index in [9.17, 15) is 17.6 Å². The lowest BCUT2D eigenvalue weighted by atomic mass is 10.1. The molecule has 0 unspecified atom stereocenters. The van der Waals surface area contributed by atoms with Crippen molar-refractivity contribution in [2.75, 3.05) is 0 Å². The van der Waals surface area contributed by atoms with E-state index in [0.717, 1.165) is 12.1 Å². The van der Waals surface area contributed by atoms with E-state index in [2.05, 4.69) is 4.99 Å². The molecule has 0 aromatic heterocycles. The zero-order chi connectivity index (χ0) is 13.2. The molecule has 0 amide bonds. The molecule has 0 fully saturated rings. The SMILES string of the molecule is CC(C)C(N)=Nc1ccc(F)c(C(F)(F)F)c1. The minimum atomic E-state index is -4.73. The van der Waals surface area contributed by atoms with Crippen LogP contribution in [-0.4, -0.2) is 5.84 Å². The summed E-state index contributed by atoms with van der Waals surface area (Å²) in [5.41, 5.74) is 4.17. The van der Waals surface area contributed by atoms with Gasteiger partial charge in [0, 0.05) is 5.92 Å². The third kappa shape index (κ3) is 3.44. The summed E-state index contributed by atoms with van der Waals surface area (Å²) >= 11 is 0. The highest BCUT2D eigenvalue weighted by Crippen LogP contribution is 2.33. The Labute approximate surface area is 96.2 Å². The highest BCUT2D eigenvalue weighted by Gasteiger charge is 2.34. The van der Waals surface area contributed by atoms with Gasteiger partial charge in [0.2, 0.25) is 0 Å². The molecule has 0 spiro atoms. The zero-order valence-corrected chi connectivity index (χ0v) is 9.35. The van der Waals surface area contributed by atoms with Crippen LogP contribution in [0.5, 0.6) is 0 Å². The Kier molecular flexibility index (Phi) is 3.75. The second-order valence-corrected chi connectivity index (χ2v) is 3.85. The van der Waals surface area contributed by atoms with Gasteiger partial charge < -0.3 is 5.73 Å². The van der Waals surface area contributed by atoms with Gasteiger partial charge in [0.1, 0.15) is 11.7 Å². The fraction of sp³-hybridized carbons (Fsp3) is 0.364. The highest BCUT2D eigenvalue weighted by molar-refractivity contribution is 5.84. The molecule has 0 saturated carbocycles. The van der Waals surface area contributed by atoms with E-state index in [1.54, 1.807) is 13.8 Å². The van der Waals surface area contributed by atoms with Gasteiger partial charge in [-0.15, -0.1) is 0 Å². The van der Waals surface area contributed by atoms with Gasteiger partial charge in [0.25, 0.3) is 0 Å². The van der Waals surface area contributed by atoms with Gasteiger partial charge in [-0.1, -0.05) is 13.8 Å². The fourth-order valence-electron chi connectivity index (χ4n) is 1.08. The first-order valence-corrected chi connectivity index (χ1v) is 4.92. The number of amidine groups is 1. The van der Waals surface area contributed by atoms with Crippen molar-refractivity contribution in [1.29, 1.82) is 0 Å². The summed E-state index contributed by atoms with van der Waals surface area (Å²) < 4.78 is 50.2. The lowest BCUT2D eigenvalue weighted by Crippen LogP contribution is -2.18. The number of nitrogens with two attached hydrogens (primary N) is 1. The maximum atomic E-state index is 13.0. The number of aliphatic imine (C=N–C) groups is 1. The minimum Gasteiger partial charge on any atom is -0.387 e. The number of hydrogen-bond acceptors (Lipinski definition) is 1. The average molecular weight is 248 g/mol. The van der Waals surface area contributed by atoms with E-state index in [1.165, 1.54) is 0 Å². The normalized spacial score (nSPS) is 13.2. The largest absolute Gasteiger partial charge is 0.419 e. The van der Waals surface area contributed by atoms with Crippen molar-refractivity contribution in [2.24, 2.45) is 16.6 Å². The summed E-state index contributed by atoms with van der Waals surface area (Å²) in [6, 6.07) is 2.53. The van der Waals surface area contributed by atoms with Gasteiger partial charge in [-0.2, -0.15) is 13.2 Å². The fourth-order valence-corrected chi connectivity index (χ4v) is 1.08. The van der Waals surface area contributed by atoms with Crippen LogP contribution >= 0.6 is 0 Å². The summed E-state index contributed by atoms with van der Waals surface area (Å²) in [5.74, 6) is -1.21. The topological polar surface area (TPSA) is 38.4 Å². The molecular formula is C11H12F4N2. The summed E-state index contributed by atoms with van der Waals surface area (Å²) in [5, 5.41) is 0. The number of hydrogen-bond donors (Lipinski definition) is 1. The van der Waals surface area contributed by atoms with Crippen molar-refractivity contribution in [3.8, 4) is 0 Å². The summed E-state index contributed by atoms with van der Waals surface area (Å²) in [6.45, 7) is 3.51. The van der Waals surface area contributed by atoms with Crippen molar-refractivity contribution in [1.82, 2.24) is 0 Å². The van der Waals surface area contributed by atoms with E-state index in [4.69, 9.17) is 5.73 Å². The maximum Gasteiger partial charge on any atom is 0.419 e. The molecule has 1 aromatic rings. The van der Waals surface area contributed by atoms with Crippen LogP contribution in [-0.2, 0) is 6.18 Å². The third-order valence-corrected chi connectivity index (χ3v) is 2.11. The molecule has 0 heterocycles. The standard InChI is InChI=1S/C11H12F4N2/c1-6(2)10(16)17-7-3-4-9(12)8(5-7)11(13,14)15/h3-6H,1-2H3,(H2,16,17). The van der Waals surface area contributed by atoms with Crippen molar-refractivity contribution < 1.29 is 17.6 Å². The predicted molar refractivity (Wildman–Crippen MR) is 57.5 cm³/mol. The Bertz CT molecular complexity index is 436. The van der Waals surface area contributed by atoms with Crippen LogP contribution in [0, 0.1) is 11.7 Å². The number of nitrogens with zero attached hydrogens (tertiary/aromatic N) is 1. The Balaban J connectivity index is 3.18. The monoisotopic (exact) mass is 248 g/mol. The molecule has 0 aliphatic rings. The molecule has 0 radical (unpaired) electrons. The molecule has 94 valence electrons. The number of halogens is 4. The molecule has 0 saturated heterocycles. The van der Waals surface area contributed by atoms with Crippen LogP contribution in [0.25, 0.3) is 0 Å². The molecule has 17 heavy (non-hydrogen) atoms. The van der Waals surface area contributed by atoms with Crippen LogP contribution in [0.1, 0.15) is 19.4 Å². The Morgan fingerprint density at radius 1 is 1.29 bits per heavy atom. The molecule has 2 N–H and O–H groups in total. The number of rotatable bonds is 2. The first-order valence-electron chi connectivity index (χ1n) is 4.92. The summed E-state index contributed by atoms with van der Waals surface area (Å²) in [4.78, 5) is 3.80. The van der Waals surface area contributed by atoms with Gasteiger partial charge in [0.15, 0.2) is 0 Å². The molecule has 0 aliphatic carbocycles. The molecule has 1 rings (SSSR count).